The third kappa shape index (κ3) is 1.02. The highest BCUT2D eigenvalue weighted by Gasteiger charge is 2.50. The van der Waals surface area contributed by atoms with Gasteiger partial charge in [-0.2, -0.15) is 0 Å². The Hall–Kier alpha value is -0.330. The summed E-state index contributed by atoms with van der Waals surface area (Å²) in [5.74, 6) is 1.52. The van der Waals surface area contributed by atoms with Crippen molar-refractivity contribution in [3.63, 3.8) is 0 Å². The van der Waals surface area contributed by atoms with Crippen LogP contribution in [0.15, 0.2) is 0 Å². The van der Waals surface area contributed by atoms with E-state index >= 15 is 0 Å². The maximum absolute atomic E-state index is 11.4. The highest BCUT2D eigenvalue weighted by molar-refractivity contribution is 5.90. The third-order valence-corrected chi connectivity index (χ3v) is 3.35. The lowest BCUT2D eigenvalue weighted by Gasteiger charge is -2.47. The molecule has 0 atom stereocenters. The van der Waals surface area contributed by atoms with Crippen molar-refractivity contribution in [1.82, 2.24) is 0 Å². The minimum absolute atomic E-state index is 0.0417. The molecule has 0 aromatic rings. The summed E-state index contributed by atoms with van der Waals surface area (Å²) in [6, 6.07) is 0. The molecule has 1 heteroatoms. The van der Waals surface area contributed by atoms with Crippen molar-refractivity contribution in [3.8, 4) is 0 Å². The van der Waals surface area contributed by atoms with Crippen LogP contribution in [0.2, 0.25) is 0 Å². The minimum atomic E-state index is 0.0417. The zero-order valence-electron chi connectivity index (χ0n) is 7.98. The van der Waals surface area contributed by atoms with Crippen LogP contribution < -0.4 is 0 Å². The fourth-order valence-electron chi connectivity index (χ4n) is 2.40. The van der Waals surface area contributed by atoms with Crippen LogP contribution in [0.5, 0.6) is 0 Å². The highest BCUT2D eigenvalue weighted by atomic mass is 16.1. The molecule has 0 bridgehead atoms. The fourth-order valence-corrected chi connectivity index (χ4v) is 2.40. The number of Topliss-reactive ketones (excluding diaryl/α,β-unsaturated/α-hetero) is 1. The van der Waals surface area contributed by atoms with Gasteiger partial charge in [-0.1, -0.05) is 27.7 Å². The average Bonchev–Trinajstić information content (AvgIpc) is 1.83. The molecule has 0 N–H and O–H groups in total. The first-order chi connectivity index (χ1) is 5.01. The van der Waals surface area contributed by atoms with Crippen LogP contribution in [0.1, 0.15) is 40.5 Å². The molecule has 1 nitrogen and oxygen atoms in total. The van der Waals surface area contributed by atoms with Crippen molar-refractivity contribution in [2.75, 3.05) is 0 Å². The molecule has 1 fully saturated rings. The van der Waals surface area contributed by atoms with Gasteiger partial charge in [-0.15, -0.1) is 0 Å². The van der Waals surface area contributed by atoms with Gasteiger partial charge in [0.2, 0.25) is 0 Å². The molecule has 0 aliphatic heterocycles. The fraction of sp³-hybridized carbons (Fsp3) is 0.900. The van der Waals surface area contributed by atoms with Crippen LogP contribution in [-0.2, 0) is 4.79 Å². The van der Waals surface area contributed by atoms with Crippen molar-refractivity contribution in [2.24, 2.45) is 17.3 Å². The third-order valence-electron chi connectivity index (χ3n) is 3.35. The highest BCUT2D eigenvalue weighted by Crippen LogP contribution is 2.49. The van der Waals surface area contributed by atoms with Crippen LogP contribution >= 0.6 is 0 Å². The SMILES string of the molecule is CC(C)C1(C(C)C)CCC1=O. The van der Waals surface area contributed by atoms with Gasteiger partial charge in [0.1, 0.15) is 5.78 Å². The predicted molar refractivity (Wildman–Crippen MR) is 46.4 cm³/mol. The van der Waals surface area contributed by atoms with Crippen LogP contribution in [0.4, 0.5) is 0 Å². The molecule has 0 saturated heterocycles. The number of carbonyl (C=O) groups excluding carboxylic acids is 1. The zero-order chi connectivity index (χ0) is 8.65. The maximum Gasteiger partial charge on any atom is 0.139 e. The maximum atomic E-state index is 11.4. The first-order valence-electron chi connectivity index (χ1n) is 4.55. The molecular weight excluding hydrogens is 136 g/mol. The Kier molecular flexibility index (Phi) is 2.08. The second kappa shape index (κ2) is 2.62. The molecule has 1 aliphatic carbocycles. The molecule has 0 aromatic carbocycles. The topological polar surface area (TPSA) is 17.1 Å². The summed E-state index contributed by atoms with van der Waals surface area (Å²) in [6.45, 7) is 8.65. The van der Waals surface area contributed by atoms with Gasteiger partial charge in [0.15, 0.2) is 0 Å². The standard InChI is InChI=1S/C10H18O/c1-7(2)10(8(3)4)6-5-9(10)11/h7-8H,5-6H2,1-4H3. The van der Waals surface area contributed by atoms with Gasteiger partial charge in [-0.3, -0.25) is 4.79 Å². The second-order valence-corrected chi connectivity index (χ2v) is 4.27. The molecule has 1 aliphatic rings. The molecule has 0 spiro atoms. The van der Waals surface area contributed by atoms with E-state index in [1.807, 2.05) is 0 Å². The second-order valence-electron chi connectivity index (χ2n) is 4.27. The van der Waals surface area contributed by atoms with E-state index in [2.05, 4.69) is 27.7 Å². The molecular formula is C10H18O. The summed E-state index contributed by atoms with van der Waals surface area (Å²) >= 11 is 0. The van der Waals surface area contributed by atoms with Crippen molar-refractivity contribution in [3.05, 3.63) is 0 Å². The summed E-state index contributed by atoms with van der Waals surface area (Å²) < 4.78 is 0. The number of carbonyl (C=O) groups is 1. The Balaban J connectivity index is 2.81. The molecule has 0 aromatic heterocycles. The summed E-state index contributed by atoms with van der Waals surface area (Å²) in [5.41, 5.74) is 0.0417. The first-order valence-corrected chi connectivity index (χ1v) is 4.55. The lowest BCUT2D eigenvalue weighted by atomic mass is 9.55. The lowest BCUT2D eigenvalue weighted by molar-refractivity contribution is -0.146. The molecule has 1 saturated carbocycles. The first kappa shape index (κ1) is 8.76. The largest absolute Gasteiger partial charge is 0.299 e. The Bertz CT molecular complexity index is 160. The smallest absolute Gasteiger partial charge is 0.139 e. The molecule has 0 radical (unpaired) electrons. The number of rotatable bonds is 2. The molecule has 11 heavy (non-hydrogen) atoms. The number of ketones is 1. The molecule has 0 unspecified atom stereocenters. The van der Waals surface area contributed by atoms with E-state index < -0.39 is 0 Å². The van der Waals surface area contributed by atoms with Gasteiger partial charge in [-0.25, -0.2) is 0 Å². The summed E-state index contributed by atoms with van der Waals surface area (Å²) in [7, 11) is 0. The van der Waals surface area contributed by atoms with Crippen LogP contribution in [0, 0.1) is 17.3 Å². The van der Waals surface area contributed by atoms with Gasteiger partial charge in [0.25, 0.3) is 0 Å². The number of hydrogen-bond donors (Lipinski definition) is 0. The Morgan fingerprint density at radius 3 is 1.64 bits per heavy atom. The Labute approximate surface area is 69.2 Å². The van der Waals surface area contributed by atoms with E-state index in [-0.39, 0.29) is 5.41 Å². The van der Waals surface area contributed by atoms with E-state index in [9.17, 15) is 4.79 Å². The normalized spacial score (nSPS) is 22.5. The van der Waals surface area contributed by atoms with Gasteiger partial charge in [0.05, 0.1) is 0 Å². The molecule has 0 heterocycles. The quantitative estimate of drug-likeness (QED) is 0.597. The zero-order valence-corrected chi connectivity index (χ0v) is 7.98. The van der Waals surface area contributed by atoms with Gasteiger partial charge in [-0.05, 0) is 18.3 Å². The Morgan fingerprint density at radius 1 is 1.18 bits per heavy atom. The van der Waals surface area contributed by atoms with E-state index in [0.717, 1.165) is 12.8 Å². The van der Waals surface area contributed by atoms with Crippen molar-refractivity contribution in [2.45, 2.75) is 40.5 Å². The molecule has 0 amide bonds. The predicted octanol–water partition coefficient (Wildman–Crippen LogP) is 2.65. The minimum Gasteiger partial charge on any atom is -0.299 e. The van der Waals surface area contributed by atoms with E-state index in [0.29, 0.717) is 17.6 Å². The van der Waals surface area contributed by atoms with Crippen LogP contribution in [-0.4, -0.2) is 5.78 Å². The van der Waals surface area contributed by atoms with Gasteiger partial charge >= 0.3 is 0 Å². The Morgan fingerprint density at radius 2 is 1.64 bits per heavy atom. The van der Waals surface area contributed by atoms with Crippen LogP contribution in [0.25, 0.3) is 0 Å². The van der Waals surface area contributed by atoms with E-state index in [1.165, 1.54) is 0 Å². The molecule has 64 valence electrons. The summed E-state index contributed by atoms with van der Waals surface area (Å²) in [4.78, 5) is 11.4. The monoisotopic (exact) mass is 154 g/mol. The summed E-state index contributed by atoms with van der Waals surface area (Å²) in [6.07, 6.45) is 1.93. The van der Waals surface area contributed by atoms with E-state index in [4.69, 9.17) is 0 Å². The van der Waals surface area contributed by atoms with Crippen molar-refractivity contribution in [1.29, 1.82) is 0 Å². The van der Waals surface area contributed by atoms with Gasteiger partial charge in [0, 0.05) is 11.8 Å². The number of hydrogen-bond acceptors (Lipinski definition) is 1. The van der Waals surface area contributed by atoms with Crippen LogP contribution in [0.3, 0.4) is 0 Å². The van der Waals surface area contributed by atoms with Gasteiger partial charge < -0.3 is 0 Å². The van der Waals surface area contributed by atoms with Crippen molar-refractivity contribution >= 4 is 5.78 Å². The van der Waals surface area contributed by atoms with E-state index in [1.54, 1.807) is 0 Å². The van der Waals surface area contributed by atoms with Crippen molar-refractivity contribution < 1.29 is 4.79 Å². The molecule has 1 rings (SSSR count). The summed E-state index contributed by atoms with van der Waals surface area (Å²) in [5, 5.41) is 0. The average molecular weight is 154 g/mol. The lowest BCUT2D eigenvalue weighted by Crippen LogP contribution is -2.48.